The topological polar surface area (TPSA) is 101 Å². The Balaban J connectivity index is 1.64. The van der Waals surface area contributed by atoms with Crippen molar-refractivity contribution in [3.05, 3.63) is 83.4 Å². The van der Waals surface area contributed by atoms with Gasteiger partial charge in [-0.15, -0.1) is 0 Å². The average Bonchev–Trinajstić information content (AvgIpc) is 3.16. The number of benzene rings is 3. The first-order chi connectivity index (χ1) is 13.6. The number of hydrogen-bond donors (Lipinski definition) is 3. The highest BCUT2D eigenvalue weighted by Gasteiger charge is 2.15. The van der Waals surface area contributed by atoms with Crippen LogP contribution in [0.15, 0.2) is 66.7 Å². The first-order valence-corrected chi connectivity index (χ1v) is 8.77. The number of hydrogen-bond acceptors (Lipinski definition) is 4. The van der Waals surface area contributed by atoms with Gasteiger partial charge in [0.15, 0.2) is 0 Å². The zero-order chi connectivity index (χ0) is 19.7. The van der Waals surface area contributed by atoms with Crippen LogP contribution in [-0.2, 0) is 0 Å². The summed E-state index contributed by atoms with van der Waals surface area (Å²) in [5, 5.41) is 10.7. The number of amides is 1. The van der Waals surface area contributed by atoms with E-state index in [0.29, 0.717) is 22.7 Å². The summed E-state index contributed by atoms with van der Waals surface area (Å²) < 4.78 is 5.33. The third-order valence-corrected chi connectivity index (χ3v) is 4.70. The third-order valence-electron chi connectivity index (χ3n) is 4.70. The van der Waals surface area contributed by atoms with Gasteiger partial charge in [-0.25, -0.2) is 4.98 Å². The number of methoxy groups -OCH3 is 1. The van der Waals surface area contributed by atoms with Gasteiger partial charge < -0.3 is 20.6 Å². The van der Waals surface area contributed by atoms with E-state index in [0.717, 1.165) is 22.2 Å². The molecule has 6 nitrogen and oxygen atoms in total. The van der Waals surface area contributed by atoms with E-state index in [9.17, 15) is 9.90 Å². The predicted molar refractivity (Wildman–Crippen MR) is 107 cm³/mol. The lowest BCUT2D eigenvalue weighted by atomic mass is 9.99. The molecule has 3 aromatic carbocycles. The Morgan fingerprint density at radius 2 is 1.86 bits per heavy atom. The summed E-state index contributed by atoms with van der Waals surface area (Å²) >= 11 is 0. The number of carbonyl (C=O) groups is 1. The van der Waals surface area contributed by atoms with Gasteiger partial charge >= 0.3 is 0 Å². The number of nitrogens with two attached hydrogens (primary N) is 1. The number of carbonyl (C=O) groups excluding carboxylic acids is 1. The van der Waals surface area contributed by atoms with Crippen LogP contribution in [0.5, 0.6) is 5.75 Å². The van der Waals surface area contributed by atoms with Crippen LogP contribution < -0.4 is 10.5 Å². The van der Waals surface area contributed by atoms with E-state index < -0.39 is 12.0 Å². The van der Waals surface area contributed by atoms with E-state index in [1.807, 2.05) is 48.5 Å². The molecule has 0 spiro atoms. The molecule has 0 saturated heterocycles. The molecule has 0 fully saturated rings. The van der Waals surface area contributed by atoms with Crippen LogP contribution >= 0.6 is 0 Å². The molecule has 0 saturated carbocycles. The summed E-state index contributed by atoms with van der Waals surface area (Å²) in [6.07, 6.45) is -0.793. The van der Waals surface area contributed by atoms with Crippen molar-refractivity contribution >= 4 is 16.9 Å². The maximum Gasteiger partial charge on any atom is 0.248 e. The van der Waals surface area contributed by atoms with Crippen LogP contribution in [0.4, 0.5) is 0 Å². The number of fused-ring (bicyclic) bond motifs is 1. The molecule has 4 N–H and O–H groups in total. The molecule has 0 radical (unpaired) electrons. The summed E-state index contributed by atoms with van der Waals surface area (Å²) in [4.78, 5) is 19.1. The summed E-state index contributed by atoms with van der Waals surface area (Å²) in [6, 6.07) is 20.0. The van der Waals surface area contributed by atoms with Crippen molar-refractivity contribution in [2.24, 2.45) is 5.73 Å². The van der Waals surface area contributed by atoms with Crippen LogP contribution in [0.3, 0.4) is 0 Å². The van der Waals surface area contributed by atoms with Crippen LogP contribution in [-0.4, -0.2) is 28.1 Å². The Labute approximate surface area is 161 Å². The Bertz CT molecular complexity index is 1150. The highest BCUT2D eigenvalue weighted by molar-refractivity contribution is 5.96. The molecule has 0 aliphatic rings. The van der Waals surface area contributed by atoms with Crippen molar-refractivity contribution < 1.29 is 14.6 Å². The maximum atomic E-state index is 11.3. The van der Waals surface area contributed by atoms with Gasteiger partial charge in [0.2, 0.25) is 5.91 Å². The zero-order valence-electron chi connectivity index (χ0n) is 15.2. The SMILES string of the molecule is COc1ccccc1C(O)c1ccc(-c2nc3ccc(C(N)=O)cc3[nH]2)cc1. The number of H-pyrrole nitrogens is 1. The van der Waals surface area contributed by atoms with Gasteiger partial charge in [-0.2, -0.15) is 0 Å². The number of aromatic amines is 1. The molecule has 1 amide bonds. The van der Waals surface area contributed by atoms with Crippen molar-refractivity contribution in [1.29, 1.82) is 0 Å². The lowest BCUT2D eigenvalue weighted by molar-refractivity contribution is 0.100. The van der Waals surface area contributed by atoms with Crippen molar-refractivity contribution in [2.75, 3.05) is 7.11 Å². The van der Waals surface area contributed by atoms with E-state index in [2.05, 4.69) is 9.97 Å². The molecule has 140 valence electrons. The molecule has 28 heavy (non-hydrogen) atoms. The van der Waals surface area contributed by atoms with Crippen molar-refractivity contribution in [2.45, 2.75) is 6.10 Å². The molecule has 6 heteroatoms. The average molecular weight is 373 g/mol. The molecular weight excluding hydrogens is 354 g/mol. The third kappa shape index (κ3) is 3.21. The van der Waals surface area contributed by atoms with Crippen molar-refractivity contribution in [3.8, 4) is 17.1 Å². The van der Waals surface area contributed by atoms with E-state index >= 15 is 0 Å². The second-order valence-electron chi connectivity index (χ2n) is 6.45. The second kappa shape index (κ2) is 7.17. The predicted octanol–water partition coefficient (Wildman–Crippen LogP) is 3.42. The fourth-order valence-electron chi connectivity index (χ4n) is 3.19. The molecule has 1 unspecified atom stereocenters. The van der Waals surface area contributed by atoms with Gasteiger partial charge in [-0.1, -0.05) is 42.5 Å². The van der Waals surface area contributed by atoms with Gasteiger partial charge in [0.05, 0.1) is 18.1 Å². The molecule has 1 heterocycles. The number of aliphatic hydroxyl groups excluding tert-OH is 1. The Morgan fingerprint density at radius 3 is 2.57 bits per heavy atom. The number of rotatable bonds is 5. The fourth-order valence-corrected chi connectivity index (χ4v) is 3.19. The highest BCUT2D eigenvalue weighted by Crippen LogP contribution is 2.31. The standard InChI is InChI=1S/C22H19N3O3/c1-28-19-5-3-2-4-16(19)20(26)13-6-8-14(9-7-13)22-24-17-11-10-15(21(23)27)12-18(17)25-22/h2-12,20,26H,1H3,(H2,23,27)(H,24,25). The molecular formula is C22H19N3O3. The monoisotopic (exact) mass is 373 g/mol. The lowest BCUT2D eigenvalue weighted by Gasteiger charge is -2.15. The number of nitrogens with one attached hydrogen (secondary N) is 1. The summed E-state index contributed by atoms with van der Waals surface area (Å²) in [5.74, 6) is 0.837. The quantitative estimate of drug-likeness (QED) is 0.499. The Morgan fingerprint density at radius 1 is 1.11 bits per heavy atom. The second-order valence-corrected chi connectivity index (χ2v) is 6.45. The first kappa shape index (κ1) is 17.8. The van der Waals surface area contributed by atoms with E-state index in [1.54, 1.807) is 25.3 Å². The number of nitrogens with zero attached hydrogens (tertiary/aromatic N) is 1. The summed E-state index contributed by atoms with van der Waals surface area (Å²) in [6.45, 7) is 0. The number of aromatic nitrogens is 2. The van der Waals surface area contributed by atoms with Crippen LogP contribution in [0.1, 0.15) is 27.6 Å². The molecule has 4 aromatic rings. The van der Waals surface area contributed by atoms with Gasteiger partial charge in [0.25, 0.3) is 0 Å². The minimum atomic E-state index is -0.793. The van der Waals surface area contributed by atoms with Gasteiger partial charge in [0.1, 0.15) is 17.7 Å². The minimum absolute atomic E-state index is 0.429. The van der Waals surface area contributed by atoms with Crippen LogP contribution in [0, 0.1) is 0 Å². The number of para-hydroxylation sites is 1. The number of imidazole rings is 1. The Hall–Kier alpha value is -3.64. The van der Waals surface area contributed by atoms with Gasteiger partial charge in [-0.05, 0) is 29.8 Å². The van der Waals surface area contributed by atoms with Crippen LogP contribution in [0.25, 0.3) is 22.4 Å². The minimum Gasteiger partial charge on any atom is -0.496 e. The van der Waals surface area contributed by atoms with Crippen molar-refractivity contribution in [1.82, 2.24) is 9.97 Å². The normalized spacial score (nSPS) is 12.1. The number of ether oxygens (including phenoxy) is 1. The van der Waals surface area contributed by atoms with Gasteiger partial charge in [0, 0.05) is 16.7 Å². The summed E-state index contributed by atoms with van der Waals surface area (Å²) in [5.41, 5.74) is 9.58. The van der Waals surface area contributed by atoms with Gasteiger partial charge in [-0.3, -0.25) is 4.79 Å². The molecule has 0 aliphatic heterocycles. The molecule has 0 aliphatic carbocycles. The van der Waals surface area contributed by atoms with E-state index in [4.69, 9.17) is 10.5 Å². The highest BCUT2D eigenvalue weighted by atomic mass is 16.5. The molecule has 0 bridgehead atoms. The number of primary amides is 1. The van der Waals surface area contributed by atoms with E-state index in [1.165, 1.54) is 0 Å². The number of aliphatic hydroxyl groups is 1. The lowest BCUT2D eigenvalue weighted by Crippen LogP contribution is -2.10. The first-order valence-electron chi connectivity index (χ1n) is 8.77. The molecule has 1 aromatic heterocycles. The summed E-state index contributed by atoms with van der Waals surface area (Å²) in [7, 11) is 1.58. The van der Waals surface area contributed by atoms with E-state index in [-0.39, 0.29) is 0 Å². The van der Waals surface area contributed by atoms with Crippen LogP contribution in [0.2, 0.25) is 0 Å². The maximum absolute atomic E-state index is 11.3. The molecule has 4 rings (SSSR count). The largest absolute Gasteiger partial charge is 0.496 e. The Kier molecular flexibility index (Phi) is 4.55. The fraction of sp³-hybridized carbons (Fsp3) is 0.0909. The van der Waals surface area contributed by atoms with Crippen molar-refractivity contribution in [3.63, 3.8) is 0 Å². The smallest absolute Gasteiger partial charge is 0.248 e. The molecule has 1 atom stereocenters. The zero-order valence-corrected chi connectivity index (χ0v) is 15.2.